The van der Waals surface area contributed by atoms with Gasteiger partial charge >= 0.3 is 0 Å². The lowest BCUT2D eigenvalue weighted by Crippen LogP contribution is -2.43. The van der Waals surface area contributed by atoms with Crippen LogP contribution in [-0.2, 0) is 4.79 Å². The van der Waals surface area contributed by atoms with E-state index in [-0.39, 0.29) is 17.6 Å². The first kappa shape index (κ1) is 16.4. The zero-order valence-electron chi connectivity index (χ0n) is 13.8. The molecule has 3 rings (SSSR count). The number of carbonyl (C=O) groups excluding carboxylic acids is 1. The second-order valence-electron chi connectivity index (χ2n) is 7.29. The van der Waals surface area contributed by atoms with Crippen molar-refractivity contribution in [2.75, 3.05) is 38.0 Å². The van der Waals surface area contributed by atoms with Gasteiger partial charge in [-0.1, -0.05) is 13.0 Å². The van der Waals surface area contributed by atoms with Gasteiger partial charge in [-0.3, -0.25) is 4.79 Å². The fraction of sp³-hybridized carbons (Fsp3) is 0.611. The lowest BCUT2D eigenvalue weighted by molar-refractivity contribution is -0.121. The second-order valence-corrected chi connectivity index (χ2v) is 7.29. The molecule has 0 radical (unpaired) electrons. The molecule has 2 fully saturated rings. The molecule has 2 saturated heterocycles. The van der Waals surface area contributed by atoms with Crippen LogP contribution in [0.2, 0.25) is 0 Å². The summed E-state index contributed by atoms with van der Waals surface area (Å²) in [6.07, 6.45) is 2.99. The summed E-state index contributed by atoms with van der Waals surface area (Å²) in [6, 6.07) is 6.08. The fourth-order valence-corrected chi connectivity index (χ4v) is 3.71. The summed E-state index contributed by atoms with van der Waals surface area (Å²) in [6.45, 7) is 7.59. The Morgan fingerprint density at radius 3 is 2.87 bits per heavy atom. The number of amides is 1. The molecule has 2 N–H and O–H groups in total. The van der Waals surface area contributed by atoms with Crippen LogP contribution in [0.1, 0.15) is 26.2 Å². The third kappa shape index (κ3) is 4.30. The van der Waals surface area contributed by atoms with E-state index >= 15 is 0 Å². The van der Waals surface area contributed by atoms with Crippen molar-refractivity contribution >= 4 is 11.6 Å². The van der Waals surface area contributed by atoms with Gasteiger partial charge in [0.1, 0.15) is 5.82 Å². The number of piperidine rings is 1. The zero-order chi connectivity index (χ0) is 16.3. The minimum absolute atomic E-state index is 0.0176. The first-order chi connectivity index (χ1) is 11.0. The molecule has 0 aromatic heterocycles. The lowest BCUT2D eigenvalue weighted by Gasteiger charge is -2.36. The maximum atomic E-state index is 13.2. The molecule has 1 atom stereocenters. The van der Waals surface area contributed by atoms with E-state index in [1.54, 1.807) is 12.1 Å². The van der Waals surface area contributed by atoms with Crippen LogP contribution in [0.15, 0.2) is 24.3 Å². The Morgan fingerprint density at radius 2 is 2.22 bits per heavy atom. The number of benzene rings is 1. The minimum atomic E-state index is -0.323. The van der Waals surface area contributed by atoms with Gasteiger partial charge in [0, 0.05) is 24.7 Å². The van der Waals surface area contributed by atoms with Crippen molar-refractivity contribution in [1.82, 2.24) is 10.2 Å². The van der Waals surface area contributed by atoms with Gasteiger partial charge in [-0.2, -0.15) is 0 Å². The maximum absolute atomic E-state index is 13.2. The molecule has 2 aliphatic heterocycles. The van der Waals surface area contributed by atoms with Gasteiger partial charge in [0.25, 0.3) is 0 Å². The molecule has 2 heterocycles. The summed E-state index contributed by atoms with van der Waals surface area (Å²) in [5.41, 5.74) is 0.915. The Labute approximate surface area is 137 Å². The SMILES string of the molecule is CC1(CN2CCC(C(=O)Nc3cccc(F)c3)CC2)CCNC1. The predicted octanol–water partition coefficient (Wildman–Crippen LogP) is 2.48. The van der Waals surface area contributed by atoms with Gasteiger partial charge in [0.15, 0.2) is 0 Å². The van der Waals surface area contributed by atoms with Crippen LogP contribution in [0.3, 0.4) is 0 Å². The zero-order valence-corrected chi connectivity index (χ0v) is 13.8. The normalized spacial score (nSPS) is 26.3. The second kappa shape index (κ2) is 6.97. The van der Waals surface area contributed by atoms with Gasteiger partial charge in [0.05, 0.1) is 0 Å². The molecule has 4 nitrogen and oxygen atoms in total. The van der Waals surface area contributed by atoms with Gasteiger partial charge in [-0.15, -0.1) is 0 Å². The van der Waals surface area contributed by atoms with Gasteiger partial charge < -0.3 is 15.5 Å². The summed E-state index contributed by atoms with van der Waals surface area (Å²) < 4.78 is 13.2. The average molecular weight is 319 g/mol. The van der Waals surface area contributed by atoms with Crippen LogP contribution in [-0.4, -0.2) is 43.5 Å². The van der Waals surface area contributed by atoms with Crippen LogP contribution in [0, 0.1) is 17.2 Å². The summed E-state index contributed by atoms with van der Waals surface area (Å²) >= 11 is 0. The monoisotopic (exact) mass is 319 g/mol. The Morgan fingerprint density at radius 1 is 1.43 bits per heavy atom. The standard InChI is InChI=1S/C18H26FN3O/c1-18(7-8-20-12-18)13-22-9-5-14(6-10-22)17(23)21-16-4-2-3-15(19)11-16/h2-4,11,14,20H,5-10,12-13H2,1H3,(H,21,23). The van der Waals surface area contributed by atoms with Crippen LogP contribution in [0.4, 0.5) is 10.1 Å². The highest BCUT2D eigenvalue weighted by Gasteiger charge is 2.33. The van der Waals surface area contributed by atoms with E-state index in [0.717, 1.165) is 45.6 Å². The number of halogens is 1. The number of anilines is 1. The van der Waals surface area contributed by atoms with Crippen molar-refractivity contribution in [2.45, 2.75) is 26.2 Å². The van der Waals surface area contributed by atoms with Crippen molar-refractivity contribution in [1.29, 1.82) is 0 Å². The van der Waals surface area contributed by atoms with Gasteiger partial charge in [0.2, 0.25) is 5.91 Å². The van der Waals surface area contributed by atoms with E-state index in [0.29, 0.717) is 11.1 Å². The summed E-state index contributed by atoms with van der Waals surface area (Å²) in [5.74, 6) is -0.274. The third-order valence-electron chi connectivity index (χ3n) is 5.11. The Kier molecular flexibility index (Phi) is 4.97. The van der Waals surface area contributed by atoms with Crippen LogP contribution < -0.4 is 10.6 Å². The highest BCUT2D eigenvalue weighted by Crippen LogP contribution is 2.28. The van der Waals surface area contributed by atoms with Crippen molar-refractivity contribution in [2.24, 2.45) is 11.3 Å². The molecule has 5 heteroatoms. The first-order valence-corrected chi connectivity index (χ1v) is 8.54. The molecule has 0 spiro atoms. The highest BCUT2D eigenvalue weighted by molar-refractivity contribution is 5.92. The number of likely N-dealkylation sites (tertiary alicyclic amines) is 1. The molecular weight excluding hydrogens is 293 g/mol. The number of nitrogens with one attached hydrogen (secondary N) is 2. The van der Waals surface area contributed by atoms with E-state index in [2.05, 4.69) is 22.5 Å². The number of nitrogens with zero attached hydrogens (tertiary/aromatic N) is 1. The highest BCUT2D eigenvalue weighted by atomic mass is 19.1. The maximum Gasteiger partial charge on any atom is 0.227 e. The smallest absolute Gasteiger partial charge is 0.227 e. The Bertz CT molecular complexity index is 549. The minimum Gasteiger partial charge on any atom is -0.326 e. The molecule has 1 aromatic rings. The van der Waals surface area contributed by atoms with Crippen LogP contribution >= 0.6 is 0 Å². The topological polar surface area (TPSA) is 44.4 Å². The van der Waals surface area contributed by atoms with E-state index in [4.69, 9.17) is 0 Å². The van der Waals surface area contributed by atoms with Crippen molar-refractivity contribution in [3.05, 3.63) is 30.1 Å². The van der Waals surface area contributed by atoms with Crippen molar-refractivity contribution in [3.8, 4) is 0 Å². The van der Waals surface area contributed by atoms with Gasteiger partial charge in [-0.05, 0) is 62.5 Å². The molecule has 0 bridgehead atoms. The lowest BCUT2D eigenvalue weighted by atomic mass is 9.87. The van der Waals surface area contributed by atoms with E-state index in [9.17, 15) is 9.18 Å². The number of rotatable bonds is 4. The van der Waals surface area contributed by atoms with Crippen LogP contribution in [0.5, 0.6) is 0 Å². The molecule has 23 heavy (non-hydrogen) atoms. The fourth-order valence-electron chi connectivity index (χ4n) is 3.71. The quantitative estimate of drug-likeness (QED) is 0.896. The summed E-state index contributed by atoms with van der Waals surface area (Å²) in [7, 11) is 0. The van der Waals surface area contributed by atoms with Crippen molar-refractivity contribution in [3.63, 3.8) is 0 Å². The van der Waals surface area contributed by atoms with Gasteiger partial charge in [-0.25, -0.2) is 4.39 Å². The molecule has 1 unspecified atom stereocenters. The molecule has 2 aliphatic rings. The van der Waals surface area contributed by atoms with E-state index in [1.807, 2.05) is 0 Å². The Balaban J connectivity index is 1.47. The molecule has 1 amide bonds. The van der Waals surface area contributed by atoms with E-state index in [1.165, 1.54) is 18.6 Å². The summed E-state index contributed by atoms with van der Waals surface area (Å²) in [5, 5.41) is 6.28. The number of hydrogen-bond acceptors (Lipinski definition) is 3. The third-order valence-corrected chi connectivity index (χ3v) is 5.11. The molecule has 0 aliphatic carbocycles. The van der Waals surface area contributed by atoms with Crippen molar-refractivity contribution < 1.29 is 9.18 Å². The number of hydrogen-bond donors (Lipinski definition) is 2. The molecule has 1 aromatic carbocycles. The first-order valence-electron chi connectivity index (χ1n) is 8.54. The molecular formula is C18H26FN3O. The van der Waals surface area contributed by atoms with Crippen LogP contribution in [0.25, 0.3) is 0 Å². The largest absolute Gasteiger partial charge is 0.326 e. The predicted molar refractivity (Wildman–Crippen MR) is 89.8 cm³/mol. The van der Waals surface area contributed by atoms with E-state index < -0.39 is 0 Å². The molecule has 126 valence electrons. The average Bonchev–Trinajstić information content (AvgIpc) is 2.94. The Hall–Kier alpha value is -1.46. The number of carbonyl (C=O) groups is 1. The summed E-state index contributed by atoms with van der Waals surface area (Å²) in [4.78, 5) is 14.8. The molecule has 0 saturated carbocycles.